The van der Waals surface area contributed by atoms with Gasteiger partial charge >= 0.3 is 0 Å². The highest BCUT2D eigenvalue weighted by atomic mass is 79.9. The summed E-state index contributed by atoms with van der Waals surface area (Å²) in [6.45, 7) is 1.81. The van der Waals surface area contributed by atoms with Gasteiger partial charge in [0.1, 0.15) is 17.7 Å². The fourth-order valence-electron chi connectivity index (χ4n) is 1.51. The second kappa shape index (κ2) is 5.15. The third-order valence-electron chi connectivity index (χ3n) is 2.46. The quantitative estimate of drug-likeness (QED) is 0.915. The highest BCUT2D eigenvalue weighted by molar-refractivity contribution is 9.10. The molecule has 0 unspecified atom stereocenters. The molecule has 1 aromatic heterocycles. The van der Waals surface area contributed by atoms with Crippen molar-refractivity contribution in [3.63, 3.8) is 0 Å². The summed E-state index contributed by atoms with van der Waals surface area (Å²) in [4.78, 5) is 4.06. The Bertz CT molecular complexity index is 635. The molecule has 1 heterocycles. The van der Waals surface area contributed by atoms with Crippen LogP contribution in [-0.4, -0.2) is 4.98 Å². The van der Waals surface area contributed by atoms with Crippen LogP contribution in [0.2, 0.25) is 0 Å². The van der Waals surface area contributed by atoms with Gasteiger partial charge in [-0.05, 0) is 36.8 Å². The molecule has 0 amide bonds. The first-order valence-corrected chi connectivity index (χ1v) is 5.99. The van der Waals surface area contributed by atoms with Gasteiger partial charge in [-0.2, -0.15) is 5.26 Å². The molecule has 0 spiro atoms. The number of nitrogens with zero attached hydrogens (tertiary/aromatic N) is 2. The Morgan fingerprint density at radius 2 is 2.17 bits per heavy atom. The molecule has 18 heavy (non-hydrogen) atoms. The van der Waals surface area contributed by atoms with Crippen LogP contribution in [0, 0.1) is 24.1 Å². The van der Waals surface area contributed by atoms with Crippen molar-refractivity contribution in [2.24, 2.45) is 0 Å². The van der Waals surface area contributed by atoms with Gasteiger partial charge in [0, 0.05) is 10.7 Å². The molecule has 0 saturated carbocycles. The molecule has 90 valence electrons. The zero-order valence-electron chi connectivity index (χ0n) is 9.54. The molecule has 0 atom stereocenters. The topological polar surface area (TPSA) is 48.7 Å². The van der Waals surface area contributed by atoms with Gasteiger partial charge in [-0.25, -0.2) is 9.37 Å². The number of rotatable bonds is 2. The summed E-state index contributed by atoms with van der Waals surface area (Å²) in [6.07, 6.45) is 1.58. The van der Waals surface area contributed by atoms with Gasteiger partial charge < -0.3 is 5.32 Å². The van der Waals surface area contributed by atoms with Crippen molar-refractivity contribution in [3.05, 3.63) is 51.9 Å². The third kappa shape index (κ3) is 2.49. The number of anilines is 2. The van der Waals surface area contributed by atoms with Crippen molar-refractivity contribution in [1.82, 2.24) is 4.98 Å². The number of hydrogen-bond donors (Lipinski definition) is 1. The Balaban J connectivity index is 2.41. The van der Waals surface area contributed by atoms with E-state index >= 15 is 0 Å². The highest BCUT2D eigenvalue weighted by Gasteiger charge is 2.09. The lowest BCUT2D eigenvalue weighted by molar-refractivity contribution is 0.631. The number of benzene rings is 1. The standard InChI is InChI=1S/C13H9BrFN3/c1-8-4-5-17-13(10(8)7-16)18-12-3-2-9(14)6-11(12)15/h2-6H,1H3,(H,17,18). The van der Waals surface area contributed by atoms with E-state index in [-0.39, 0.29) is 5.69 Å². The molecule has 0 aliphatic rings. The maximum Gasteiger partial charge on any atom is 0.148 e. The molecular formula is C13H9BrFN3. The number of aryl methyl sites for hydroxylation is 1. The van der Waals surface area contributed by atoms with Crippen molar-refractivity contribution in [2.75, 3.05) is 5.32 Å². The normalized spacial score (nSPS) is 9.89. The summed E-state index contributed by atoms with van der Waals surface area (Å²) < 4.78 is 14.3. The van der Waals surface area contributed by atoms with E-state index < -0.39 is 5.82 Å². The van der Waals surface area contributed by atoms with E-state index in [0.29, 0.717) is 15.9 Å². The number of aromatic nitrogens is 1. The zero-order valence-corrected chi connectivity index (χ0v) is 11.1. The van der Waals surface area contributed by atoms with Gasteiger partial charge in [0.15, 0.2) is 0 Å². The predicted molar refractivity (Wildman–Crippen MR) is 71.1 cm³/mol. The van der Waals surface area contributed by atoms with Crippen molar-refractivity contribution >= 4 is 27.4 Å². The lowest BCUT2D eigenvalue weighted by Gasteiger charge is -2.09. The van der Waals surface area contributed by atoms with Crippen LogP contribution in [0.5, 0.6) is 0 Å². The Morgan fingerprint density at radius 1 is 1.39 bits per heavy atom. The number of nitrogens with one attached hydrogen (secondary N) is 1. The van der Waals surface area contributed by atoms with Gasteiger partial charge in [-0.15, -0.1) is 0 Å². The summed E-state index contributed by atoms with van der Waals surface area (Å²) in [5.41, 5.74) is 1.50. The highest BCUT2D eigenvalue weighted by Crippen LogP contribution is 2.24. The average Bonchev–Trinajstić information content (AvgIpc) is 2.33. The first-order chi connectivity index (χ1) is 8.61. The first kappa shape index (κ1) is 12.5. The van der Waals surface area contributed by atoms with E-state index in [0.717, 1.165) is 5.56 Å². The number of pyridine rings is 1. The molecule has 0 fully saturated rings. The van der Waals surface area contributed by atoms with Crippen LogP contribution in [0.4, 0.5) is 15.9 Å². The number of hydrogen-bond acceptors (Lipinski definition) is 3. The third-order valence-corrected chi connectivity index (χ3v) is 2.95. The molecule has 1 N–H and O–H groups in total. The van der Waals surface area contributed by atoms with E-state index in [9.17, 15) is 4.39 Å². The molecule has 0 saturated heterocycles. The van der Waals surface area contributed by atoms with Crippen molar-refractivity contribution in [2.45, 2.75) is 6.92 Å². The molecule has 1 aromatic carbocycles. The van der Waals surface area contributed by atoms with Crippen LogP contribution in [0.15, 0.2) is 34.9 Å². The van der Waals surface area contributed by atoms with Crippen molar-refractivity contribution in [1.29, 1.82) is 5.26 Å². The maximum atomic E-state index is 13.7. The molecule has 5 heteroatoms. The van der Waals surface area contributed by atoms with Gasteiger partial charge in [-0.3, -0.25) is 0 Å². The minimum atomic E-state index is -0.406. The summed E-state index contributed by atoms with van der Waals surface area (Å²) in [7, 11) is 0. The van der Waals surface area contributed by atoms with Crippen LogP contribution >= 0.6 is 15.9 Å². The molecule has 2 aromatic rings. The number of halogens is 2. The first-order valence-electron chi connectivity index (χ1n) is 5.19. The Labute approximate surface area is 112 Å². The molecule has 0 radical (unpaired) electrons. The van der Waals surface area contributed by atoms with Gasteiger partial charge in [0.2, 0.25) is 0 Å². The molecule has 0 aliphatic carbocycles. The second-order valence-corrected chi connectivity index (χ2v) is 4.63. The monoisotopic (exact) mass is 305 g/mol. The van der Waals surface area contributed by atoms with Gasteiger partial charge in [0.05, 0.1) is 11.3 Å². The lowest BCUT2D eigenvalue weighted by atomic mass is 10.1. The maximum absolute atomic E-state index is 13.7. The molecule has 0 aliphatic heterocycles. The smallest absolute Gasteiger partial charge is 0.148 e. The van der Waals surface area contributed by atoms with E-state index in [4.69, 9.17) is 5.26 Å². The summed E-state index contributed by atoms with van der Waals surface area (Å²) in [5.74, 6) is -0.0460. The van der Waals surface area contributed by atoms with Crippen LogP contribution in [0.3, 0.4) is 0 Å². The summed E-state index contributed by atoms with van der Waals surface area (Å²) >= 11 is 3.19. The molecule has 3 nitrogen and oxygen atoms in total. The van der Waals surface area contributed by atoms with Gasteiger partial charge in [-0.1, -0.05) is 15.9 Å². The molecule has 2 rings (SSSR count). The summed E-state index contributed by atoms with van der Waals surface area (Å²) in [6, 6.07) is 8.45. The van der Waals surface area contributed by atoms with E-state index in [2.05, 4.69) is 32.3 Å². The zero-order chi connectivity index (χ0) is 13.1. The van der Waals surface area contributed by atoms with Gasteiger partial charge in [0.25, 0.3) is 0 Å². The summed E-state index contributed by atoms with van der Waals surface area (Å²) in [5, 5.41) is 11.9. The minimum Gasteiger partial charge on any atom is -0.337 e. The fourth-order valence-corrected chi connectivity index (χ4v) is 1.85. The van der Waals surface area contributed by atoms with Crippen LogP contribution < -0.4 is 5.32 Å². The fraction of sp³-hybridized carbons (Fsp3) is 0.0769. The second-order valence-electron chi connectivity index (χ2n) is 3.71. The Hall–Kier alpha value is -1.93. The van der Waals surface area contributed by atoms with Crippen LogP contribution in [-0.2, 0) is 0 Å². The number of nitriles is 1. The van der Waals surface area contributed by atoms with Crippen LogP contribution in [0.1, 0.15) is 11.1 Å². The van der Waals surface area contributed by atoms with Crippen molar-refractivity contribution in [3.8, 4) is 6.07 Å². The van der Waals surface area contributed by atoms with E-state index in [1.807, 2.05) is 6.92 Å². The van der Waals surface area contributed by atoms with E-state index in [1.165, 1.54) is 6.07 Å². The van der Waals surface area contributed by atoms with Crippen molar-refractivity contribution < 1.29 is 4.39 Å². The Kier molecular flexibility index (Phi) is 3.58. The molecule has 0 bridgehead atoms. The van der Waals surface area contributed by atoms with Crippen LogP contribution in [0.25, 0.3) is 0 Å². The SMILES string of the molecule is Cc1ccnc(Nc2ccc(Br)cc2F)c1C#N. The Morgan fingerprint density at radius 3 is 2.83 bits per heavy atom. The van der Waals surface area contributed by atoms with E-state index in [1.54, 1.807) is 24.4 Å². The average molecular weight is 306 g/mol. The molecular weight excluding hydrogens is 297 g/mol. The largest absolute Gasteiger partial charge is 0.337 e. The lowest BCUT2D eigenvalue weighted by Crippen LogP contribution is -2.00. The predicted octanol–water partition coefficient (Wildman–Crippen LogP) is 3.91. The minimum absolute atomic E-state index is 0.285.